The summed E-state index contributed by atoms with van der Waals surface area (Å²) >= 11 is 0. The molecule has 1 aliphatic rings. The Kier molecular flexibility index (Phi) is 3.67. The molecule has 1 aromatic carbocycles. The summed E-state index contributed by atoms with van der Waals surface area (Å²) in [6.07, 6.45) is 4.77. The molecule has 0 aliphatic carbocycles. The smallest absolute Gasteiger partial charge is 0.244 e. The first-order chi connectivity index (χ1) is 9.30. The lowest BCUT2D eigenvalue weighted by molar-refractivity contribution is 0.177. The van der Waals surface area contributed by atoms with E-state index in [1.54, 1.807) is 31.2 Å². The summed E-state index contributed by atoms with van der Waals surface area (Å²) in [7, 11) is -3.63. The van der Waals surface area contributed by atoms with Crippen molar-refractivity contribution in [2.45, 2.75) is 49.8 Å². The van der Waals surface area contributed by atoms with Crippen LogP contribution in [0.25, 0.3) is 0 Å². The lowest BCUT2D eigenvalue weighted by Gasteiger charge is -2.15. The highest BCUT2D eigenvalue weighted by atomic mass is 32.2. The van der Waals surface area contributed by atoms with Crippen LogP contribution >= 0.6 is 0 Å². The van der Waals surface area contributed by atoms with Crippen LogP contribution in [0.3, 0.4) is 0 Å². The number of rotatable bonds is 4. The number of benzene rings is 1. The topological polar surface area (TPSA) is 57.4 Å². The minimum atomic E-state index is -3.63. The van der Waals surface area contributed by atoms with Gasteiger partial charge in [-0.25, -0.2) is 8.42 Å². The second-order valence-corrected chi connectivity index (χ2v) is 7.15. The molecule has 5 heteroatoms. The summed E-state index contributed by atoms with van der Waals surface area (Å²) in [6, 6.07) is 6.41. The van der Waals surface area contributed by atoms with Crippen molar-refractivity contribution in [2.24, 2.45) is 0 Å². The second-order valence-electron chi connectivity index (χ2n) is 5.33. The van der Waals surface area contributed by atoms with Gasteiger partial charge in [-0.1, -0.05) is 30.5 Å². The summed E-state index contributed by atoms with van der Waals surface area (Å²) in [4.78, 5) is 0.231. The molecule has 108 valence electrons. The van der Waals surface area contributed by atoms with Gasteiger partial charge in [0.15, 0.2) is 0 Å². The van der Waals surface area contributed by atoms with Crippen molar-refractivity contribution in [1.82, 2.24) is 4.31 Å². The first-order valence-electron chi connectivity index (χ1n) is 6.55. The Morgan fingerprint density at radius 2 is 2.00 bits per heavy atom. The van der Waals surface area contributed by atoms with Crippen molar-refractivity contribution in [3.63, 3.8) is 0 Å². The first-order valence-corrected chi connectivity index (χ1v) is 7.99. The number of aliphatic hydroxyl groups excluding tert-OH is 1. The quantitative estimate of drug-likeness (QED) is 0.676. The maximum Gasteiger partial charge on any atom is 0.244 e. The normalized spacial score (nSPS) is 30.6. The minimum absolute atomic E-state index is 0.231. The maximum atomic E-state index is 12.7. The molecule has 0 amide bonds. The van der Waals surface area contributed by atoms with Gasteiger partial charge < -0.3 is 5.11 Å². The van der Waals surface area contributed by atoms with Gasteiger partial charge in [-0.05, 0) is 32.4 Å². The third-order valence-electron chi connectivity index (χ3n) is 4.04. The van der Waals surface area contributed by atoms with E-state index in [-0.39, 0.29) is 10.9 Å². The highest BCUT2D eigenvalue weighted by Gasteiger charge is 2.67. The Morgan fingerprint density at radius 1 is 1.45 bits per heavy atom. The molecule has 1 saturated heterocycles. The maximum absolute atomic E-state index is 12.7. The molecular weight excluding hydrogens is 274 g/mol. The Bertz CT molecular complexity index is 645. The van der Waals surface area contributed by atoms with E-state index in [1.165, 1.54) is 4.31 Å². The average molecular weight is 293 g/mol. The Hall–Kier alpha value is -1.35. The predicted molar refractivity (Wildman–Crippen MR) is 77.5 cm³/mol. The van der Waals surface area contributed by atoms with Gasteiger partial charge in [0, 0.05) is 6.04 Å². The van der Waals surface area contributed by atoms with Crippen LogP contribution in [-0.2, 0) is 10.0 Å². The molecule has 4 atom stereocenters. The van der Waals surface area contributed by atoms with Crippen LogP contribution in [0.1, 0.15) is 25.8 Å². The zero-order valence-electron chi connectivity index (χ0n) is 11.9. The Morgan fingerprint density at radius 3 is 2.45 bits per heavy atom. The summed E-state index contributed by atoms with van der Waals surface area (Å²) in [5.41, 5.74) is 0.0842. The van der Waals surface area contributed by atoms with Crippen molar-refractivity contribution in [2.75, 3.05) is 0 Å². The van der Waals surface area contributed by atoms with E-state index in [0.717, 1.165) is 5.56 Å². The van der Waals surface area contributed by atoms with Crippen LogP contribution in [0.15, 0.2) is 29.2 Å². The molecule has 1 unspecified atom stereocenters. The van der Waals surface area contributed by atoms with Gasteiger partial charge in [0.05, 0.1) is 10.4 Å². The minimum Gasteiger partial charge on any atom is -0.378 e. The van der Waals surface area contributed by atoms with Crippen LogP contribution in [0.4, 0.5) is 0 Å². The molecule has 20 heavy (non-hydrogen) atoms. The van der Waals surface area contributed by atoms with Crippen LogP contribution in [-0.4, -0.2) is 35.5 Å². The molecular formula is C15H19NO3S. The number of aryl methyl sites for hydroxylation is 1. The number of terminal acetylenes is 1. The fourth-order valence-electron chi connectivity index (χ4n) is 2.74. The monoisotopic (exact) mass is 293 g/mol. The van der Waals surface area contributed by atoms with E-state index < -0.39 is 21.7 Å². The van der Waals surface area contributed by atoms with E-state index in [1.807, 2.05) is 13.8 Å². The van der Waals surface area contributed by atoms with Crippen LogP contribution < -0.4 is 0 Å². The number of sulfonamides is 1. The van der Waals surface area contributed by atoms with Crippen LogP contribution in [0.2, 0.25) is 0 Å². The highest BCUT2D eigenvalue weighted by Crippen LogP contribution is 2.49. The zero-order chi connectivity index (χ0) is 15.1. The van der Waals surface area contributed by atoms with E-state index in [4.69, 9.17) is 6.42 Å². The summed E-state index contributed by atoms with van der Waals surface area (Å²) in [6.45, 7) is 5.48. The van der Waals surface area contributed by atoms with Crippen molar-refractivity contribution in [3.05, 3.63) is 29.8 Å². The van der Waals surface area contributed by atoms with E-state index in [2.05, 4.69) is 5.92 Å². The SMILES string of the molecule is C#C[C@H](O)[C@@]1(C)[C@@H](CC)N1S(=O)(=O)c1ccc(C)cc1. The summed E-state index contributed by atoms with van der Waals surface area (Å²) in [5.74, 6) is 2.24. The number of nitrogens with zero attached hydrogens (tertiary/aromatic N) is 1. The van der Waals surface area contributed by atoms with E-state index in [0.29, 0.717) is 6.42 Å². The molecule has 0 saturated carbocycles. The predicted octanol–water partition coefficient (Wildman–Crippen LogP) is 1.53. The molecule has 1 fully saturated rings. The molecule has 1 heterocycles. The summed E-state index contributed by atoms with van der Waals surface area (Å²) < 4.78 is 26.6. The second kappa shape index (κ2) is 4.88. The van der Waals surface area contributed by atoms with Gasteiger partial charge in [-0.2, -0.15) is 4.31 Å². The molecule has 0 bridgehead atoms. The van der Waals surface area contributed by atoms with E-state index >= 15 is 0 Å². The van der Waals surface area contributed by atoms with Gasteiger partial charge >= 0.3 is 0 Å². The van der Waals surface area contributed by atoms with Crippen molar-refractivity contribution in [1.29, 1.82) is 0 Å². The Labute approximate surface area is 120 Å². The molecule has 1 N–H and O–H groups in total. The number of hydrogen-bond donors (Lipinski definition) is 1. The van der Waals surface area contributed by atoms with Crippen molar-refractivity contribution >= 4 is 10.0 Å². The average Bonchev–Trinajstić information content (AvgIpc) is 3.06. The number of hydrogen-bond acceptors (Lipinski definition) is 3. The molecule has 2 rings (SSSR count). The van der Waals surface area contributed by atoms with Crippen LogP contribution in [0, 0.1) is 19.3 Å². The van der Waals surface area contributed by atoms with Gasteiger partial charge in [-0.3, -0.25) is 0 Å². The molecule has 0 spiro atoms. The highest BCUT2D eigenvalue weighted by molar-refractivity contribution is 7.89. The van der Waals surface area contributed by atoms with Crippen LogP contribution in [0.5, 0.6) is 0 Å². The lowest BCUT2D eigenvalue weighted by atomic mass is 10.00. The zero-order valence-corrected chi connectivity index (χ0v) is 12.7. The fraction of sp³-hybridized carbons (Fsp3) is 0.467. The van der Waals surface area contributed by atoms with Crippen molar-refractivity contribution < 1.29 is 13.5 Å². The summed E-state index contributed by atoms with van der Waals surface area (Å²) in [5, 5.41) is 9.94. The molecule has 0 aromatic heterocycles. The van der Waals surface area contributed by atoms with E-state index in [9.17, 15) is 13.5 Å². The third kappa shape index (κ3) is 2.05. The number of aliphatic hydroxyl groups is 1. The van der Waals surface area contributed by atoms with Gasteiger partial charge in [0.1, 0.15) is 6.10 Å². The van der Waals surface area contributed by atoms with Gasteiger partial charge in [-0.15, -0.1) is 6.42 Å². The molecule has 4 nitrogen and oxygen atoms in total. The molecule has 0 radical (unpaired) electrons. The fourth-order valence-corrected chi connectivity index (χ4v) is 4.84. The lowest BCUT2D eigenvalue weighted by Crippen LogP contribution is -2.32. The first kappa shape index (κ1) is 15.0. The third-order valence-corrected chi connectivity index (χ3v) is 6.07. The Balaban J connectivity index is 2.41. The standard InChI is InChI=1S/C15H19NO3S/c1-5-13-15(4,14(17)6-2)16(13)20(18,19)12-9-7-11(3)8-10-12/h2,7-10,13-14,17H,5H2,1,3-4H3/t13-,14+,15-,16?/m1/s1. The van der Waals surface area contributed by atoms with Gasteiger partial charge in [0.2, 0.25) is 10.0 Å². The van der Waals surface area contributed by atoms with Gasteiger partial charge in [0.25, 0.3) is 0 Å². The largest absolute Gasteiger partial charge is 0.378 e. The van der Waals surface area contributed by atoms with Crippen molar-refractivity contribution in [3.8, 4) is 12.3 Å². The molecule has 1 aromatic rings. The molecule has 1 aliphatic heterocycles.